The smallest absolute Gasteiger partial charge is 0.326 e. The molecule has 0 radical (unpaired) electrons. The number of aliphatic carboxylic acids is 1. The highest BCUT2D eigenvalue weighted by molar-refractivity contribution is 5.93. The van der Waals surface area contributed by atoms with Crippen LogP contribution in [0.2, 0.25) is 0 Å². The van der Waals surface area contributed by atoms with E-state index in [1.165, 1.54) is 6.92 Å². The van der Waals surface area contributed by atoms with Crippen LogP contribution in [0.3, 0.4) is 0 Å². The Hall–Kier alpha value is -2.98. The number of aliphatic hydroxyl groups is 1. The number of nitrogens with one attached hydrogen (secondary N) is 4. The summed E-state index contributed by atoms with van der Waals surface area (Å²) in [5.41, 5.74) is 0.742. The average Bonchev–Trinajstić information content (AvgIpc) is 3.25. The second-order valence-corrected chi connectivity index (χ2v) is 7.24. The van der Waals surface area contributed by atoms with E-state index in [2.05, 4.69) is 21.3 Å². The molecule has 10 nitrogen and oxygen atoms in total. The first-order chi connectivity index (χ1) is 14.3. The summed E-state index contributed by atoms with van der Waals surface area (Å²) < 4.78 is 0. The number of carbonyl (C=O) groups excluding carboxylic acids is 3. The molecule has 0 spiro atoms. The molecule has 1 aromatic carbocycles. The minimum absolute atomic E-state index is 0.0939. The Bertz CT molecular complexity index is 749. The van der Waals surface area contributed by atoms with Gasteiger partial charge in [0.2, 0.25) is 17.7 Å². The fourth-order valence-corrected chi connectivity index (χ4v) is 3.14. The fraction of sp³-hybridized carbons (Fsp3) is 0.500. The summed E-state index contributed by atoms with van der Waals surface area (Å²) in [5, 5.41) is 29.4. The van der Waals surface area contributed by atoms with E-state index in [0.29, 0.717) is 13.0 Å². The molecule has 164 valence electrons. The van der Waals surface area contributed by atoms with Gasteiger partial charge < -0.3 is 31.5 Å². The number of benzene rings is 1. The summed E-state index contributed by atoms with van der Waals surface area (Å²) in [6.07, 6.45) is 0.400. The topological polar surface area (TPSA) is 157 Å². The summed E-state index contributed by atoms with van der Waals surface area (Å²) in [5.74, 6) is -3.02. The maximum absolute atomic E-state index is 12.3. The van der Waals surface area contributed by atoms with E-state index in [-0.39, 0.29) is 6.42 Å². The van der Waals surface area contributed by atoms with Crippen molar-refractivity contribution in [2.45, 2.75) is 50.4 Å². The Morgan fingerprint density at radius 3 is 2.43 bits per heavy atom. The standard InChI is InChI=1S/C20H28N4O6/c1-12(25)17(24-18(27)14-8-5-9-21-14)19(28)22-11-16(26)23-15(20(29)30)10-13-6-3-2-4-7-13/h2-4,6-7,12,14-15,17,21,25H,5,8-11H2,1H3,(H,22,28)(H,23,26)(H,24,27)(H,29,30). The first-order valence-corrected chi connectivity index (χ1v) is 9.83. The lowest BCUT2D eigenvalue weighted by Crippen LogP contribution is -2.57. The molecule has 10 heteroatoms. The Balaban J connectivity index is 1.86. The van der Waals surface area contributed by atoms with Crippen LogP contribution < -0.4 is 21.3 Å². The molecule has 1 aliphatic heterocycles. The van der Waals surface area contributed by atoms with Crippen LogP contribution in [0.4, 0.5) is 0 Å². The molecule has 1 heterocycles. The van der Waals surface area contributed by atoms with Gasteiger partial charge in [0.25, 0.3) is 0 Å². The SMILES string of the molecule is CC(O)C(NC(=O)C1CCCN1)C(=O)NCC(=O)NC(Cc1ccccc1)C(=O)O. The molecular formula is C20H28N4O6. The number of hydrogen-bond donors (Lipinski definition) is 6. The zero-order valence-corrected chi connectivity index (χ0v) is 16.8. The van der Waals surface area contributed by atoms with Gasteiger partial charge in [0.05, 0.1) is 18.7 Å². The number of carbonyl (C=O) groups is 4. The second kappa shape index (κ2) is 11.3. The van der Waals surface area contributed by atoms with Gasteiger partial charge in [-0.25, -0.2) is 4.79 Å². The van der Waals surface area contributed by atoms with Crippen molar-refractivity contribution in [3.05, 3.63) is 35.9 Å². The van der Waals surface area contributed by atoms with E-state index in [1.54, 1.807) is 30.3 Å². The fourth-order valence-electron chi connectivity index (χ4n) is 3.14. The molecular weight excluding hydrogens is 392 g/mol. The lowest BCUT2D eigenvalue weighted by molar-refractivity contribution is -0.141. The molecule has 30 heavy (non-hydrogen) atoms. The minimum atomic E-state index is -1.23. The first kappa shape index (κ1) is 23.3. The van der Waals surface area contributed by atoms with E-state index < -0.39 is 54.5 Å². The molecule has 0 bridgehead atoms. The van der Waals surface area contributed by atoms with E-state index in [9.17, 15) is 29.4 Å². The van der Waals surface area contributed by atoms with Gasteiger partial charge in [-0.1, -0.05) is 30.3 Å². The largest absolute Gasteiger partial charge is 0.480 e. The third-order valence-electron chi connectivity index (χ3n) is 4.78. The number of rotatable bonds is 10. The zero-order chi connectivity index (χ0) is 22.1. The van der Waals surface area contributed by atoms with Gasteiger partial charge in [0, 0.05) is 6.42 Å². The van der Waals surface area contributed by atoms with Gasteiger partial charge in [-0.05, 0) is 31.9 Å². The number of carboxylic acid groups (broad SMARTS) is 1. The van der Waals surface area contributed by atoms with Crippen molar-refractivity contribution >= 4 is 23.7 Å². The van der Waals surface area contributed by atoms with Crippen LogP contribution in [0.1, 0.15) is 25.3 Å². The van der Waals surface area contributed by atoms with Gasteiger partial charge in [0.15, 0.2) is 0 Å². The molecule has 1 aromatic rings. The number of aliphatic hydroxyl groups excluding tert-OH is 1. The molecule has 6 N–H and O–H groups in total. The van der Waals surface area contributed by atoms with Crippen LogP contribution in [0.25, 0.3) is 0 Å². The molecule has 1 fully saturated rings. The molecule has 0 aliphatic carbocycles. The molecule has 3 amide bonds. The third-order valence-corrected chi connectivity index (χ3v) is 4.78. The molecule has 4 atom stereocenters. The van der Waals surface area contributed by atoms with E-state index in [0.717, 1.165) is 12.0 Å². The van der Waals surface area contributed by atoms with Crippen molar-refractivity contribution in [1.82, 2.24) is 21.3 Å². The van der Waals surface area contributed by atoms with Crippen molar-refractivity contribution in [2.24, 2.45) is 0 Å². The van der Waals surface area contributed by atoms with E-state index >= 15 is 0 Å². The van der Waals surface area contributed by atoms with Gasteiger partial charge >= 0.3 is 5.97 Å². The van der Waals surface area contributed by atoms with Crippen LogP contribution >= 0.6 is 0 Å². The van der Waals surface area contributed by atoms with Crippen LogP contribution in [0, 0.1) is 0 Å². The molecule has 1 aliphatic rings. The lowest BCUT2D eigenvalue weighted by atomic mass is 10.1. The van der Waals surface area contributed by atoms with Gasteiger partial charge in [-0.2, -0.15) is 0 Å². The predicted molar refractivity (Wildman–Crippen MR) is 107 cm³/mol. The zero-order valence-electron chi connectivity index (χ0n) is 16.8. The van der Waals surface area contributed by atoms with Gasteiger partial charge in [0.1, 0.15) is 12.1 Å². The highest BCUT2D eigenvalue weighted by Crippen LogP contribution is 2.06. The van der Waals surface area contributed by atoms with Crippen LogP contribution in [0.5, 0.6) is 0 Å². The summed E-state index contributed by atoms with van der Waals surface area (Å²) in [6, 6.07) is 6.02. The molecule has 1 saturated heterocycles. The number of hydrogen-bond acceptors (Lipinski definition) is 6. The van der Waals surface area contributed by atoms with Crippen molar-refractivity contribution < 1.29 is 29.4 Å². The Morgan fingerprint density at radius 2 is 1.87 bits per heavy atom. The monoisotopic (exact) mass is 420 g/mol. The van der Waals surface area contributed by atoms with E-state index in [4.69, 9.17) is 0 Å². The Labute approximate surface area is 174 Å². The van der Waals surface area contributed by atoms with E-state index in [1.807, 2.05) is 0 Å². The molecule has 4 unspecified atom stereocenters. The highest BCUT2D eigenvalue weighted by atomic mass is 16.4. The Morgan fingerprint density at radius 1 is 1.17 bits per heavy atom. The quantitative estimate of drug-likeness (QED) is 0.270. The first-order valence-electron chi connectivity index (χ1n) is 9.83. The van der Waals surface area contributed by atoms with Crippen LogP contribution in [-0.4, -0.2) is 71.2 Å². The number of carboxylic acids is 1. The van der Waals surface area contributed by atoms with Crippen molar-refractivity contribution in [1.29, 1.82) is 0 Å². The Kier molecular flexibility index (Phi) is 8.75. The highest BCUT2D eigenvalue weighted by Gasteiger charge is 2.30. The van der Waals surface area contributed by atoms with Crippen molar-refractivity contribution in [2.75, 3.05) is 13.1 Å². The van der Waals surface area contributed by atoms with Crippen LogP contribution in [-0.2, 0) is 25.6 Å². The summed E-state index contributed by atoms with van der Waals surface area (Å²) in [6.45, 7) is 1.57. The third kappa shape index (κ3) is 7.12. The molecule has 2 rings (SSSR count). The summed E-state index contributed by atoms with van der Waals surface area (Å²) in [7, 11) is 0. The second-order valence-electron chi connectivity index (χ2n) is 7.24. The van der Waals surface area contributed by atoms with Crippen molar-refractivity contribution in [3.63, 3.8) is 0 Å². The maximum atomic E-state index is 12.3. The molecule has 0 saturated carbocycles. The normalized spacial score (nSPS) is 18.7. The van der Waals surface area contributed by atoms with Crippen molar-refractivity contribution in [3.8, 4) is 0 Å². The van der Waals surface area contributed by atoms with Gasteiger partial charge in [-0.3, -0.25) is 14.4 Å². The number of amides is 3. The predicted octanol–water partition coefficient (Wildman–Crippen LogP) is -1.47. The average molecular weight is 420 g/mol. The van der Waals surface area contributed by atoms with Gasteiger partial charge in [-0.15, -0.1) is 0 Å². The summed E-state index contributed by atoms with van der Waals surface area (Å²) in [4.78, 5) is 48.1. The maximum Gasteiger partial charge on any atom is 0.326 e. The van der Waals surface area contributed by atoms with Crippen LogP contribution in [0.15, 0.2) is 30.3 Å². The lowest BCUT2D eigenvalue weighted by Gasteiger charge is -2.23. The minimum Gasteiger partial charge on any atom is -0.480 e. The summed E-state index contributed by atoms with van der Waals surface area (Å²) >= 11 is 0. The molecule has 0 aromatic heterocycles.